The number of benzene rings is 1. The number of carbonyl (C=O) groups excluding carboxylic acids is 2. The van der Waals surface area contributed by atoms with E-state index in [9.17, 15) is 18.0 Å². The number of carbonyl (C=O) groups is 2. The molecule has 1 saturated carbocycles. The Labute approximate surface area is 183 Å². The number of piperidine rings is 1. The van der Waals surface area contributed by atoms with E-state index in [4.69, 9.17) is 11.6 Å². The summed E-state index contributed by atoms with van der Waals surface area (Å²) in [7, 11) is -0.787. The van der Waals surface area contributed by atoms with Gasteiger partial charge in [0.1, 0.15) is 0 Å². The molecular formula is C21H30ClN3O4S. The zero-order chi connectivity index (χ0) is 21.9. The third kappa shape index (κ3) is 5.15. The van der Waals surface area contributed by atoms with Crippen LogP contribution in [-0.4, -0.2) is 62.7 Å². The number of amides is 2. The number of hydrogen-bond donors (Lipinski definition) is 1. The molecule has 0 radical (unpaired) electrons. The van der Waals surface area contributed by atoms with Gasteiger partial charge in [-0.05, 0) is 43.9 Å². The lowest BCUT2D eigenvalue weighted by Gasteiger charge is -2.35. The van der Waals surface area contributed by atoms with Gasteiger partial charge in [-0.25, -0.2) is 12.7 Å². The number of nitrogens with one attached hydrogen (secondary N) is 1. The summed E-state index contributed by atoms with van der Waals surface area (Å²) in [6.45, 7) is 1.26. The maximum Gasteiger partial charge on any atom is 0.253 e. The first kappa shape index (κ1) is 23.0. The molecule has 2 amide bonds. The maximum atomic E-state index is 12.8. The molecule has 0 unspecified atom stereocenters. The number of halogens is 1. The lowest BCUT2D eigenvalue weighted by Crippen LogP contribution is -2.48. The van der Waals surface area contributed by atoms with Gasteiger partial charge in [0.05, 0.1) is 15.5 Å². The predicted molar refractivity (Wildman–Crippen MR) is 116 cm³/mol. The third-order valence-corrected chi connectivity index (χ3v) is 8.20. The summed E-state index contributed by atoms with van der Waals surface area (Å²) in [6.07, 6.45) is 6.81. The van der Waals surface area contributed by atoms with E-state index in [0.717, 1.165) is 30.0 Å². The van der Waals surface area contributed by atoms with E-state index in [1.165, 1.54) is 38.7 Å². The van der Waals surface area contributed by atoms with Crippen LogP contribution >= 0.6 is 11.6 Å². The zero-order valence-electron chi connectivity index (χ0n) is 17.6. The van der Waals surface area contributed by atoms with Crippen LogP contribution < -0.4 is 5.32 Å². The molecule has 1 aromatic carbocycles. The lowest BCUT2D eigenvalue weighted by molar-refractivity contribution is -0.137. The van der Waals surface area contributed by atoms with Crippen molar-refractivity contribution >= 4 is 33.4 Å². The normalized spacial score (nSPS) is 19.1. The van der Waals surface area contributed by atoms with Crippen molar-refractivity contribution in [1.29, 1.82) is 0 Å². The number of hydrogen-bond acceptors (Lipinski definition) is 4. The summed E-state index contributed by atoms with van der Waals surface area (Å²) < 4.78 is 25.8. The van der Waals surface area contributed by atoms with Gasteiger partial charge in [0.2, 0.25) is 15.9 Å². The average Bonchev–Trinajstić information content (AvgIpc) is 2.74. The highest BCUT2D eigenvalue weighted by molar-refractivity contribution is 7.89. The fourth-order valence-corrected chi connectivity index (χ4v) is 5.30. The van der Waals surface area contributed by atoms with Crippen molar-refractivity contribution in [3.05, 3.63) is 28.8 Å². The second kappa shape index (κ2) is 9.66. The van der Waals surface area contributed by atoms with E-state index in [2.05, 4.69) is 5.32 Å². The van der Waals surface area contributed by atoms with Gasteiger partial charge in [0.25, 0.3) is 5.91 Å². The van der Waals surface area contributed by atoms with Crippen LogP contribution in [0.25, 0.3) is 0 Å². The molecule has 1 saturated heterocycles. The third-order valence-electron chi connectivity index (χ3n) is 6.06. The van der Waals surface area contributed by atoms with Crippen LogP contribution in [0.5, 0.6) is 0 Å². The summed E-state index contributed by atoms with van der Waals surface area (Å²) >= 11 is 6.17. The lowest BCUT2D eigenvalue weighted by atomic mass is 9.87. The van der Waals surface area contributed by atoms with Gasteiger partial charge in [-0.2, -0.15) is 0 Å². The van der Waals surface area contributed by atoms with Crippen LogP contribution in [0.15, 0.2) is 23.1 Å². The highest BCUT2D eigenvalue weighted by Gasteiger charge is 2.30. The Morgan fingerprint density at radius 3 is 2.30 bits per heavy atom. The van der Waals surface area contributed by atoms with Crippen LogP contribution in [-0.2, 0) is 14.8 Å². The predicted octanol–water partition coefficient (Wildman–Crippen LogP) is 2.89. The molecule has 2 aliphatic rings. The molecule has 1 aliphatic heterocycles. The molecule has 9 heteroatoms. The standard InChI is InChI=1S/C21H30ClN3O4S/c1-24(2)30(28,29)17-8-9-19(22)18(14-17)20(26)23-16-10-12-25(13-11-16)21(27)15-6-4-3-5-7-15/h8-9,14-16H,3-7,10-13H2,1-2H3,(H,23,26). The van der Waals surface area contributed by atoms with E-state index in [-0.39, 0.29) is 33.3 Å². The van der Waals surface area contributed by atoms with Crippen molar-refractivity contribution in [3.63, 3.8) is 0 Å². The van der Waals surface area contributed by atoms with E-state index >= 15 is 0 Å². The largest absolute Gasteiger partial charge is 0.349 e. The molecule has 2 fully saturated rings. The topological polar surface area (TPSA) is 86.8 Å². The maximum absolute atomic E-state index is 12.8. The Morgan fingerprint density at radius 1 is 1.07 bits per heavy atom. The zero-order valence-corrected chi connectivity index (χ0v) is 19.1. The van der Waals surface area contributed by atoms with E-state index < -0.39 is 15.9 Å². The Bertz CT molecular complexity index is 890. The highest BCUT2D eigenvalue weighted by Crippen LogP contribution is 2.27. The molecule has 0 aromatic heterocycles. The van der Waals surface area contributed by atoms with Crippen LogP contribution in [0.2, 0.25) is 5.02 Å². The Morgan fingerprint density at radius 2 is 1.70 bits per heavy atom. The second-order valence-electron chi connectivity index (χ2n) is 8.34. The first-order valence-electron chi connectivity index (χ1n) is 10.5. The van der Waals surface area contributed by atoms with Crippen LogP contribution in [0.3, 0.4) is 0 Å². The molecule has 1 N–H and O–H groups in total. The molecule has 7 nitrogen and oxygen atoms in total. The molecule has 30 heavy (non-hydrogen) atoms. The van der Waals surface area contributed by atoms with Crippen molar-refractivity contribution < 1.29 is 18.0 Å². The van der Waals surface area contributed by atoms with Crippen molar-refractivity contribution in [2.45, 2.75) is 55.9 Å². The second-order valence-corrected chi connectivity index (χ2v) is 10.9. The van der Waals surface area contributed by atoms with Gasteiger partial charge in [-0.1, -0.05) is 30.9 Å². The van der Waals surface area contributed by atoms with Crippen molar-refractivity contribution in [2.24, 2.45) is 5.92 Å². The Balaban J connectivity index is 1.60. The van der Waals surface area contributed by atoms with Crippen molar-refractivity contribution in [2.75, 3.05) is 27.2 Å². The molecule has 3 rings (SSSR count). The Hall–Kier alpha value is -1.64. The molecule has 1 aliphatic carbocycles. The number of rotatable bonds is 5. The van der Waals surface area contributed by atoms with E-state index in [0.29, 0.717) is 25.9 Å². The quantitative estimate of drug-likeness (QED) is 0.739. The highest BCUT2D eigenvalue weighted by atomic mass is 35.5. The smallest absolute Gasteiger partial charge is 0.253 e. The average molecular weight is 456 g/mol. The molecular weight excluding hydrogens is 426 g/mol. The SMILES string of the molecule is CN(C)S(=O)(=O)c1ccc(Cl)c(C(=O)NC2CCN(C(=O)C3CCCCC3)CC2)c1. The van der Waals surface area contributed by atoms with Gasteiger partial charge in [0.15, 0.2) is 0 Å². The first-order valence-corrected chi connectivity index (χ1v) is 12.3. The first-order chi connectivity index (χ1) is 14.2. The molecule has 1 heterocycles. The van der Waals surface area contributed by atoms with E-state index in [1.807, 2.05) is 4.90 Å². The number of sulfonamides is 1. The molecule has 166 valence electrons. The fraction of sp³-hybridized carbons (Fsp3) is 0.619. The van der Waals surface area contributed by atoms with Gasteiger partial charge in [0, 0.05) is 39.1 Å². The minimum atomic E-state index is -3.66. The van der Waals surface area contributed by atoms with Gasteiger partial charge < -0.3 is 10.2 Å². The minimum Gasteiger partial charge on any atom is -0.349 e. The molecule has 0 atom stereocenters. The molecule has 1 aromatic rings. The van der Waals surface area contributed by atoms with Gasteiger partial charge in [-0.3, -0.25) is 9.59 Å². The van der Waals surface area contributed by atoms with Crippen LogP contribution in [0.1, 0.15) is 55.3 Å². The van der Waals surface area contributed by atoms with Gasteiger partial charge >= 0.3 is 0 Å². The van der Waals surface area contributed by atoms with Crippen molar-refractivity contribution in [3.8, 4) is 0 Å². The fourth-order valence-electron chi connectivity index (χ4n) is 4.16. The molecule has 0 spiro atoms. The van der Waals surface area contributed by atoms with Crippen LogP contribution in [0.4, 0.5) is 0 Å². The van der Waals surface area contributed by atoms with Crippen molar-refractivity contribution in [1.82, 2.24) is 14.5 Å². The van der Waals surface area contributed by atoms with Crippen LogP contribution in [0, 0.1) is 5.92 Å². The van der Waals surface area contributed by atoms with E-state index in [1.54, 1.807) is 0 Å². The summed E-state index contributed by atoms with van der Waals surface area (Å²) in [4.78, 5) is 27.4. The molecule has 0 bridgehead atoms. The number of likely N-dealkylation sites (tertiary alicyclic amines) is 1. The summed E-state index contributed by atoms with van der Waals surface area (Å²) in [5, 5.41) is 3.16. The minimum absolute atomic E-state index is 0.0231. The number of nitrogens with zero attached hydrogens (tertiary/aromatic N) is 2. The summed E-state index contributed by atoms with van der Waals surface area (Å²) in [6, 6.07) is 4.06. The Kier molecular flexibility index (Phi) is 7.42. The summed E-state index contributed by atoms with van der Waals surface area (Å²) in [5.41, 5.74) is 0.139. The summed E-state index contributed by atoms with van der Waals surface area (Å²) in [5.74, 6) is 0.0158. The van der Waals surface area contributed by atoms with Gasteiger partial charge in [-0.15, -0.1) is 0 Å². The monoisotopic (exact) mass is 455 g/mol.